The third-order valence-electron chi connectivity index (χ3n) is 11.9. The monoisotopic (exact) mass is 938 g/mol. The molecule has 0 spiro atoms. The first-order chi connectivity index (χ1) is 33.9. The van der Waals surface area contributed by atoms with E-state index in [-0.39, 0.29) is 43.0 Å². The van der Waals surface area contributed by atoms with Crippen LogP contribution in [0.25, 0.3) is 11.2 Å². The summed E-state index contributed by atoms with van der Waals surface area (Å²) in [6.45, 7) is 8.33. The van der Waals surface area contributed by atoms with Crippen molar-refractivity contribution in [1.82, 2.24) is 24.8 Å². The Morgan fingerprint density at radius 3 is 1.51 bits per heavy atom. The zero-order chi connectivity index (χ0) is 49.1. The molecule has 3 N–H and O–H groups in total. The maximum absolute atomic E-state index is 13.9. The number of anilines is 1. The molecule has 13 heteroatoms. The van der Waals surface area contributed by atoms with E-state index in [0.29, 0.717) is 0 Å². The number of benzene rings is 6. The third-order valence-corrected chi connectivity index (χ3v) is 11.9. The zero-order valence-corrected chi connectivity index (χ0v) is 40.0. The van der Waals surface area contributed by atoms with Crippen molar-refractivity contribution < 1.29 is 28.5 Å². The predicted molar refractivity (Wildman–Crippen MR) is 270 cm³/mol. The highest BCUT2D eigenvalue weighted by molar-refractivity contribution is 5.81. The van der Waals surface area contributed by atoms with E-state index in [1.807, 2.05) is 182 Å². The Kier molecular flexibility index (Phi) is 15.0. The minimum atomic E-state index is -1.13. The molecule has 358 valence electrons. The molecule has 0 radical (unpaired) electrons. The average Bonchev–Trinajstić information content (AvgIpc) is 3.80. The molecule has 0 aliphatic carbocycles. The van der Waals surface area contributed by atoms with Crippen LogP contribution in [0, 0.1) is 5.92 Å². The summed E-state index contributed by atoms with van der Waals surface area (Å²) in [5, 5.41) is 6.34. The molecule has 1 amide bonds. The van der Waals surface area contributed by atoms with E-state index in [1.165, 1.54) is 6.33 Å². The van der Waals surface area contributed by atoms with Crippen LogP contribution in [0.1, 0.15) is 68.0 Å². The van der Waals surface area contributed by atoms with Crippen LogP contribution in [0.4, 0.5) is 10.7 Å². The van der Waals surface area contributed by atoms with Crippen molar-refractivity contribution in [2.75, 3.05) is 18.5 Å². The Hall–Kier alpha value is -7.87. The second-order valence-corrected chi connectivity index (χ2v) is 18.3. The summed E-state index contributed by atoms with van der Waals surface area (Å²) < 4.78 is 26.9. The molecule has 70 heavy (non-hydrogen) atoms. The van der Waals surface area contributed by atoms with Crippen LogP contribution in [0.15, 0.2) is 193 Å². The minimum Gasteiger partial charge on any atom is -0.461 e. The second-order valence-electron chi connectivity index (χ2n) is 18.3. The first-order valence-corrected chi connectivity index (χ1v) is 23.4. The number of nitrogens with one attached hydrogen (secondary N) is 3. The molecule has 0 saturated heterocycles. The summed E-state index contributed by atoms with van der Waals surface area (Å²) in [4.78, 5) is 53.1. The van der Waals surface area contributed by atoms with Gasteiger partial charge in [-0.05, 0) is 60.1 Å². The van der Waals surface area contributed by atoms with Crippen LogP contribution >= 0.6 is 0 Å². The maximum atomic E-state index is 13.9. The van der Waals surface area contributed by atoms with Crippen molar-refractivity contribution in [3.63, 3.8) is 0 Å². The molecule has 0 saturated carbocycles. The van der Waals surface area contributed by atoms with E-state index < -0.39 is 46.5 Å². The number of nitrogens with zero attached hydrogens (tertiary/aromatic N) is 3. The van der Waals surface area contributed by atoms with E-state index in [1.54, 1.807) is 39.2 Å². The number of rotatable bonds is 19. The lowest BCUT2D eigenvalue weighted by molar-refractivity contribution is -0.157. The van der Waals surface area contributed by atoms with Gasteiger partial charge in [0.15, 0.2) is 11.2 Å². The van der Waals surface area contributed by atoms with Gasteiger partial charge in [0.2, 0.25) is 5.95 Å². The summed E-state index contributed by atoms with van der Waals surface area (Å²) in [5.41, 5.74) is 2.35. The van der Waals surface area contributed by atoms with Gasteiger partial charge in [-0.2, -0.15) is 4.98 Å². The second kappa shape index (κ2) is 21.6. The van der Waals surface area contributed by atoms with Crippen molar-refractivity contribution >= 4 is 29.2 Å². The van der Waals surface area contributed by atoms with E-state index >= 15 is 0 Å². The largest absolute Gasteiger partial charge is 0.461 e. The van der Waals surface area contributed by atoms with E-state index in [0.717, 1.165) is 33.4 Å². The quantitative estimate of drug-likeness (QED) is 0.0526. The lowest BCUT2D eigenvalue weighted by atomic mass is 9.77. The van der Waals surface area contributed by atoms with Crippen molar-refractivity contribution in [2.45, 2.75) is 70.2 Å². The van der Waals surface area contributed by atoms with Gasteiger partial charge < -0.3 is 29.6 Å². The first-order valence-electron chi connectivity index (χ1n) is 23.4. The Morgan fingerprint density at radius 1 is 0.643 bits per heavy atom. The fourth-order valence-electron chi connectivity index (χ4n) is 8.58. The van der Waals surface area contributed by atoms with Gasteiger partial charge in [0, 0.05) is 0 Å². The molecular formula is C57H58N6O7. The van der Waals surface area contributed by atoms with Gasteiger partial charge in [-0.3, -0.25) is 14.3 Å². The molecule has 8 rings (SSSR count). The highest BCUT2D eigenvalue weighted by Gasteiger charge is 2.40. The number of fused-ring (bicyclic) bond motifs is 1. The number of alkyl carbamates (subject to hydrolysis) is 1. The Bertz CT molecular complexity index is 2810. The number of aromatic amines is 1. The van der Waals surface area contributed by atoms with Crippen LogP contribution in [0.3, 0.4) is 0 Å². The Labute approximate surface area is 407 Å². The highest BCUT2D eigenvalue weighted by atomic mass is 16.6. The number of H-pyrrole nitrogens is 1. The molecular weight excluding hydrogens is 881 g/mol. The first kappa shape index (κ1) is 48.6. The van der Waals surface area contributed by atoms with Crippen molar-refractivity contribution in [3.8, 4) is 0 Å². The van der Waals surface area contributed by atoms with E-state index in [9.17, 15) is 14.4 Å². The van der Waals surface area contributed by atoms with Gasteiger partial charge in [0.25, 0.3) is 5.56 Å². The van der Waals surface area contributed by atoms with Crippen LogP contribution in [-0.4, -0.2) is 62.5 Å². The van der Waals surface area contributed by atoms with Crippen molar-refractivity contribution in [3.05, 3.63) is 232 Å². The Balaban J connectivity index is 1.15. The van der Waals surface area contributed by atoms with Gasteiger partial charge in [-0.15, -0.1) is 0 Å². The van der Waals surface area contributed by atoms with Crippen molar-refractivity contribution in [1.29, 1.82) is 0 Å². The lowest BCUT2D eigenvalue weighted by Crippen LogP contribution is -2.48. The summed E-state index contributed by atoms with van der Waals surface area (Å²) >= 11 is 0. The SMILES string of the molecule is CC(C)[C@H](NC(=O)OC(C)(C)C)C(=O)OCC(COC(c1ccccc1)(c1ccccc1)c1ccccc1)OCn1cnc2c(=O)[nH]c(NC(c3ccccc3)(c3ccccc3)c3ccccc3)nc21. The molecule has 2 heterocycles. The summed E-state index contributed by atoms with van der Waals surface area (Å²) in [6, 6.07) is 58.7. The standard InChI is InChI=1S/C57H58N6O7/c1-40(2)48(59-54(66)70-55(3,4)5)52(65)67-36-47(37-69-57(44-30-18-9-19-31-44,45-32-20-10-21-33-45)46-34-22-11-23-35-46)68-39-63-38-58-49-50(63)60-53(61-51(49)64)62-56(41-24-12-6-13-25-41,42-26-14-7-15-27-42)43-28-16-8-17-29-43/h6-35,38,40,47-48H,36-37,39H2,1-5H3,(H,59,66)(H2,60,61,62,64)/t47?,48-/m0/s1. The normalized spacial score (nSPS) is 12.8. The van der Waals surface area contributed by atoms with Crippen LogP contribution in [-0.2, 0) is 41.6 Å². The number of amides is 1. The molecule has 2 atom stereocenters. The number of aromatic nitrogens is 4. The number of hydrogen-bond acceptors (Lipinski definition) is 10. The summed E-state index contributed by atoms with van der Waals surface area (Å²) in [5.74, 6) is -0.822. The predicted octanol–water partition coefficient (Wildman–Crippen LogP) is 9.97. The number of imidazole rings is 1. The zero-order valence-electron chi connectivity index (χ0n) is 40.0. The van der Waals surface area contributed by atoms with Gasteiger partial charge in [0.05, 0.1) is 12.9 Å². The van der Waals surface area contributed by atoms with Crippen LogP contribution < -0.4 is 16.2 Å². The average molecular weight is 939 g/mol. The van der Waals surface area contributed by atoms with Crippen LogP contribution in [0.2, 0.25) is 0 Å². The molecule has 0 bridgehead atoms. The molecule has 6 aromatic carbocycles. The number of carbonyl (C=O) groups is 2. The highest BCUT2D eigenvalue weighted by Crippen LogP contribution is 2.41. The minimum absolute atomic E-state index is 0.0843. The molecule has 0 aliphatic rings. The van der Waals surface area contributed by atoms with Gasteiger partial charge in [-0.25, -0.2) is 14.6 Å². The summed E-state index contributed by atoms with van der Waals surface area (Å²) in [6.07, 6.45) is -0.163. The fourth-order valence-corrected chi connectivity index (χ4v) is 8.58. The number of carbonyl (C=O) groups excluding carboxylic acids is 2. The number of hydrogen-bond donors (Lipinski definition) is 3. The smallest absolute Gasteiger partial charge is 0.408 e. The number of esters is 1. The molecule has 8 aromatic rings. The molecule has 1 unspecified atom stereocenters. The molecule has 0 aliphatic heterocycles. The van der Waals surface area contributed by atoms with Gasteiger partial charge >= 0.3 is 12.1 Å². The van der Waals surface area contributed by atoms with Crippen molar-refractivity contribution in [2.24, 2.45) is 5.92 Å². The Morgan fingerprint density at radius 2 is 1.09 bits per heavy atom. The summed E-state index contributed by atoms with van der Waals surface area (Å²) in [7, 11) is 0. The lowest BCUT2D eigenvalue weighted by Gasteiger charge is -2.37. The van der Waals surface area contributed by atoms with E-state index in [2.05, 4.69) is 20.6 Å². The van der Waals surface area contributed by atoms with Gasteiger partial charge in [-0.1, -0.05) is 196 Å². The van der Waals surface area contributed by atoms with E-state index in [4.69, 9.17) is 23.9 Å². The maximum Gasteiger partial charge on any atom is 0.408 e. The molecule has 13 nitrogen and oxygen atoms in total. The molecule has 0 fully saturated rings. The van der Waals surface area contributed by atoms with Crippen LogP contribution in [0.5, 0.6) is 0 Å². The fraction of sp³-hybridized carbons (Fsp3) is 0.246. The van der Waals surface area contributed by atoms with Gasteiger partial charge in [0.1, 0.15) is 42.2 Å². The number of ether oxygens (including phenoxy) is 4. The topological polar surface area (TPSA) is 159 Å². The third kappa shape index (κ3) is 10.9. The molecule has 2 aromatic heterocycles.